The average Bonchev–Trinajstić information content (AvgIpc) is 3.86. The molecule has 11 heteroatoms. The van der Waals surface area contributed by atoms with Gasteiger partial charge in [-0.2, -0.15) is 0 Å². The number of aliphatic hydroxyl groups excluding tert-OH is 1. The van der Waals surface area contributed by atoms with E-state index in [-0.39, 0.29) is 24.7 Å². The molecule has 3 heterocycles. The summed E-state index contributed by atoms with van der Waals surface area (Å²) in [5, 5.41) is 11.8. The number of nitrogens with zero attached hydrogens (tertiary/aromatic N) is 2. The normalized spacial score (nSPS) is 17.3. The van der Waals surface area contributed by atoms with Crippen LogP contribution in [0.1, 0.15) is 62.5 Å². The standard InChI is InChI=1S/C38H36N2O9/c1-24(41)45-22-30-18-19-31(48-30)34(42)38(4,35(43)40-33(29-8-6-5-7-9-29)37(2,3)49-36(40)44)47-21-25-10-12-26(13-11-25)27-14-16-28(17-15-27)32-20-39-23-46-32/h5-20,23,33-34,42H,21-22H2,1-4H3/t33-,34+,38-/m0/s1. The van der Waals surface area contributed by atoms with Crippen molar-refractivity contribution in [3.63, 3.8) is 0 Å². The van der Waals surface area contributed by atoms with Crippen LogP contribution >= 0.6 is 0 Å². The van der Waals surface area contributed by atoms with Crippen molar-refractivity contribution < 1.29 is 42.5 Å². The number of benzene rings is 3. The van der Waals surface area contributed by atoms with Crippen LogP contribution in [0, 0.1) is 0 Å². The zero-order valence-electron chi connectivity index (χ0n) is 27.5. The van der Waals surface area contributed by atoms with E-state index >= 15 is 0 Å². The number of ether oxygens (including phenoxy) is 3. The van der Waals surface area contributed by atoms with Gasteiger partial charge in [0.2, 0.25) is 0 Å². The molecule has 1 fully saturated rings. The lowest BCUT2D eigenvalue weighted by atomic mass is 9.88. The molecule has 11 nitrogen and oxygen atoms in total. The molecule has 252 valence electrons. The van der Waals surface area contributed by atoms with Crippen molar-refractivity contribution in [2.45, 2.75) is 64.3 Å². The van der Waals surface area contributed by atoms with E-state index in [1.54, 1.807) is 32.2 Å². The molecule has 1 aliphatic heterocycles. The molecule has 1 N–H and O–H groups in total. The number of aromatic nitrogens is 1. The third kappa shape index (κ3) is 6.89. The molecule has 0 bridgehead atoms. The molecule has 1 saturated heterocycles. The summed E-state index contributed by atoms with van der Waals surface area (Å²) in [6.45, 7) is 5.88. The van der Waals surface area contributed by atoms with E-state index < -0.39 is 41.3 Å². The summed E-state index contributed by atoms with van der Waals surface area (Å²) in [5.41, 5.74) is 1.12. The number of imide groups is 1. The predicted octanol–water partition coefficient (Wildman–Crippen LogP) is 7.17. The molecule has 0 unspecified atom stereocenters. The quantitative estimate of drug-likeness (QED) is 0.144. The van der Waals surface area contributed by atoms with E-state index in [2.05, 4.69) is 4.98 Å². The summed E-state index contributed by atoms with van der Waals surface area (Å²) in [6, 6.07) is 26.7. The van der Waals surface area contributed by atoms with Gasteiger partial charge >= 0.3 is 12.1 Å². The Labute approximate surface area is 283 Å². The number of cyclic esters (lactones) is 1. The van der Waals surface area contributed by atoms with E-state index in [0.717, 1.165) is 21.6 Å². The van der Waals surface area contributed by atoms with Gasteiger partial charge in [0.15, 0.2) is 17.8 Å². The number of hydrogen-bond acceptors (Lipinski definition) is 10. The van der Waals surface area contributed by atoms with Gasteiger partial charge in [-0.1, -0.05) is 78.9 Å². The van der Waals surface area contributed by atoms with Crippen molar-refractivity contribution in [2.75, 3.05) is 0 Å². The van der Waals surface area contributed by atoms with Crippen LogP contribution in [0.3, 0.4) is 0 Å². The van der Waals surface area contributed by atoms with Crippen molar-refractivity contribution in [3.8, 4) is 22.5 Å². The molecule has 6 rings (SSSR count). The van der Waals surface area contributed by atoms with Crippen LogP contribution in [0.25, 0.3) is 22.5 Å². The molecule has 49 heavy (non-hydrogen) atoms. The minimum absolute atomic E-state index is 0.00906. The second kappa shape index (κ2) is 13.5. The number of rotatable bonds is 11. The van der Waals surface area contributed by atoms with E-state index in [1.165, 1.54) is 32.4 Å². The van der Waals surface area contributed by atoms with Gasteiger partial charge in [0.1, 0.15) is 35.9 Å². The molecule has 1 aliphatic rings. The summed E-state index contributed by atoms with van der Waals surface area (Å²) in [6.07, 6.45) is 0.515. The van der Waals surface area contributed by atoms with Crippen molar-refractivity contribution in [2.24, 2.45) is 0 Å². The zero-order valence-corrected chi connectivity index (χ0v) is 27.5. The number of carbonyl (C=O) groups excluding carboxylic acids is 3. The van der Waals surface area contributed by atoms with Gasteiger partial charge < -0.3 is 28.2 Å². The third-order valence-electron chi connectivity index (χ3n) is 8.54. The van der Waals surface area contributed by atoms with Crippen LogP contribution in [0.5, 0.6) is 0 Å². The minimum Gasteiger partial charge on any atom is -0.460 e. The molecule has 0 spiro atoms. The van der Waals surface area contributed by atoms with Crippen LogP contribution in [-0.2, 0) is 37.0 Å². The Bertz CT molecular complexity index is 1920. The molecule has 2 amide bonds. The molecule has 0 saturated carbocycles. The second-order valence-corrected chi connectivity index (χ2v) is 12.5. The Hall–Kier alpha value is -5.52. The second-order valence-electron chi connectivity index (χ2n) is 12.5. The van der Waals surface area contributed by atoms with Crippen molar-refractivity contribution in [1.82, 2.24) is 9.88 Å². The first-order valence-corrected chi connectivity index (χ1v) is 15.7. The summed E-state index contributed by atoms with van der Waals surface area (Å²) < 4.78 is 28.2. The molecule has 3 atom stereocenters. The number of amides is 2. The lowest BCUT2D eigenvalue weighted by Gasteiger charge is -2.37. The number of carbonyl (C=O) groups is 3. The van der Waals surface area contributed by atoms with Crippen LogP contribution in [0.15, 0.2) is 112 Å². The van der Waals surface area contributed by atoms with Gasteiger partial charge in [-0.15, -0.1) is 0 Å². The monoisotopic (exact) mass is 664 g/mol. The van der Waals surface area contributed by atoms with Crippen LogP contribution < -0.4 is 0 Å². The van der Waals surface area contributed by atoms with Gasteiger partial charge in [-0.25, -0.2) is 14.7 Å². The molecule has 5 aromatic rings. The lowest BCUT2D eigenvalue weighted by Crippen LogP contribution is -2.54. The van der Waals surface area contributed by atoms with Gasteiger partial charge in [-0.05, 0) is 55.2 Å². The number of esters is 1. The first kappa shape index (κ1) is 33.4. The van der Waals surface area contributed by atoms with E-state index in [0.29, 0.717) is 16.9 Å². The average molecular weight is 665 g/mol. The largest absolute Gasteiger partial charge is 0.460 e. The Morgan fingerprint density at radius 2 is 1.59 bits per heavy atom. The number of furan rings is 1. The highest BCUT2D eigenvalue weighted by molar-refractivity contribution is 5.99. The highest BCUT2D eigenvalue weighted by Gasteiger charge is 2.57. The van der Waals surface area contributed by atoms with Crippen LogP contribution in [-0.4, -0.2) is 44.2 Å². The highest BCUT2D eigenvalue weighted by Crippen LogP contribution is 2.44. The topological polar surface area (TPSA) is 142 Å². The van der Waals surface area contributed by atoms with E-state index in [1.807, 2.05) is 66.7 Å². The zero-order chi connectivity index (χ0) is 34.8. The molecule has 0 radical (unpaired) electrons. The van der Waals surface area contributed by atoms with Crippen LogP contribution in [0.2, 0.25) is 0 Å². The third-order valence-corrected chi connectivity index (χ3v) is 8.54. The van der Waals surface area contributed by atoms with Crippen LogP contribution in [0.4, 0.5) is 4.79 Å². The number of aliphatic hydroxyl groups is 1. The Morgan fingerprint density at radius 1 is 0.939 bits per heavy atom. The minimum atomic E-state index is -2.03. The number of hydrogen-bond donors (Lipinski definition) is 1. The van der Waals surface area contributed by atoms with Gasteiger partial charge in [0, 0.05) is 12.5 Å². The molecular weight excluding hydrogens is 628 g/mol. The van der Waals surface area contributed by atoms with Gasteiger partial charge in [0.05, 0.1) is 12.8 Å². The summed E-state index contributed by atoms with van der Waals surface area (Å²) in [5.74, 6) is -0.392. The Balaban J connectivity index is 1.28. The fraction of sp³-hybridized carbons (Fsp3) is 0.263. The molecule has 0 aliphatic carbocycles. The van der Waals surface area contributed by atoms with E-state index in [4.69, 9.17) is 23.0 Å². The Kier molecular flexibility index (Phi) is 9.22. The molecular formula is C38H36N2O9. The van der Waals surface area contributed by atoms with Gasteiger partial charge in [0.25, 0.3) is 5.91 Å². The first-order valence-electron chi connectivity index (χ1n) is 15.7. The Morgan fingerprint density at radius 3 is 2.22 bits per heavy atom. The smallest absolute Gasteiger partial charge is 0.417 e. The molecule has 2 aromatic heterocycles. The maximum atomic E-state index is 14.6. The van der Waals surface area contributed by atoms with Crippen molar-refractivity contribution >= 4 is 18.0 Å². The fourth-order valence-corrected chi connectivity index (χ4v) is 5.90. The van der Waals surface area contributed by atoms with Crippen molar-refractivity contribution in [3.05, 3.63) is 126 Å². The maximum absolute atomic E-state index is 14.6. The summed E-state index contributed by atoms with van der Waals surface area (Å²) >= 11 is 0. The molecule has 3 aromatic carbocycles. The summed E-state index contributed by atoms with van der Waals surface area (Å²) in [4.78, 5) is 44.3. The van der Waals surface area contributed by atoms with Crippen molar-refractivity contribution in [1.29, 1.82) is 0 Å². The maximum Gasteiger partial charge on any atom is 0.417 e. The lowest BCUT2D eigenvalue weighted by molar-refractivity contribution is -0.176. The summed E-state index contributed by atoms with van der Waals surface area (Å²) in [7, 11) is 0. The fourth-order valence-electron chi connectivity index (χ4n) is 5.90. The SMILES string of the molecule is CC(=O)OCc1ccc([C@@H](O)[C@](C)(OCc2ccc(-c3ccc(-c4cnco4)cc3)cc2)C(=O)N2C(=O)OC(C)(C)[C@@H]2c2ccccc2)o1. The predicted molar refractivity (Wildman–Crippen MR) is 176 cm³/mol. The van der Waals surface area contributed by atoms with Gasteiger partial charge in [-0.3, -0.25) is 9.59 Å². The first-order chi connectivity index (χ1) is 23.5. The van der Waals surface area contributed by atoms with E-state index in [9.17, 15) is 19.5 Å². The highest BCUT2D eigenvalue weighted by atomic mass is 16.6. The number of oxazole rings is 1.